The third-order valence-corrected chi connectivity index (χ3v) is 15.3. The Kier molecular flexibility index (Phi) is 6.89. The van der Waals surface area contributed by atoms with Crippen molar-refractivity contribution in [2.75, 3.05) is 0 Å². The number of fused-ring (bicyclic) bond motifs is 14. The Labute approximate surface area is 347 Å². The van der Waals surface area contributed by atoms with Crippen LogP contribution in [0.2, 0.25) is 0 Å². The van der Waals surface area contributed by atoms with Gasteiger partial charge in [-0.3, -0.25) is 0 Å². The van der Waals surface area contributed by atoms with E-state index in [1.807, 2.05) is 18.2 Å². The van der Waals surface area contributed by atoms with Crippen molar-refractivity contribution >= 4 is 53.6 Å². The fraction of sp³-hybridized carbons (Fsp3) is 0.164. The van der Waals surface area contributed by atoms with Gasteiger partial charge in [-0.1, -0.05) is 136 Å². The summed E-state index contributed by atoms with van der Waals surface area (Å²) in [5.41, 5.74) is 19.8. The van der Waals surface area contributed by atoms with Gasteiger partial charge in [-0.05, 0) is 111 Å². The summed E-state index contributed by atoms with van der Waals surface area (Å²) in [6, 6.07) is 53.7. The minimum atomic E-state index is -0.0368. The standard InChI is InChI=1S/C55H40N2OS/c1-54(2)43-20-9-7-16-35(43)40-31-46-41(30-45(40)54)39-28-33(22-24-44(39)55(46)26-11-4-12-27-55)34-23-25-47-42(29-34)36-18-13-19-38(51(36)58-47)50-52-49(37-17-8-10-21-48(37)59-52)56-53(57-50)32-14-5-3-6-15-32/h3,5-10,13-25,28-31H,4,11-12,26-27H2,1-2H3. The molecule has 0 atom stereocenters. The molecule has 0 radical (unpaired) electrons. The van der Waals surface area contributed by atoms with Crippen LogP contribution < -0.4 is 0 Å². The molecule has 0 bridgehead atoms. The van der Waals surface area contributed by atoms with Gasteiger partial charge in [-0.15, -0.1) is 11.3 Å². The largest absolute Gasteiger partial charge is 0.455 e. The lowest BCUT2D eigenvalue weighted by molar-refractivity contribution is 0.353. The number of benzene rings is 7. The number of hydrogen-bond acceptors (Lipinski definition) is 4. The maximum atomic E-state index is 6.83. The van der Waals surface area contributed by atoms with Gasteiger partial charge < -0.3 is 4.42 Å². The zero-order valence-corrected chi connectivity index (χ0v) is 33.9. The van der Waals surface area contributed by atoms with E-state index in [9.17, 15) is 0 Å². The lowest BCUT2D eigenvalue weighted by Gasteiger charge is -2.36. The molecule has 13 rings (SSSR count). The number of thiophene rings is 1. The summed E-state index contributed by atoms with van der Waals surface area (Å²) in [5.74, 6) is 0.721. The van der Waals surface area contributed by atoms with Gasteiger partial charge in [-0.25, -0.2) is 9.97 Å². The molecule has 7 aromatic carbocycles. The van der Waals surface area contributed by atoms with Crippen LogP contribution in [0.15, 0.2) is 150 Å². The van der Waals surface area contributed by atoms with E-state index in [-0.39, 0.29) is 10.8 Å². The Balaban J connectivity index is 0.972. The van der Waals surface area contributed by atoms with Crippen molar-refractivity contribution in [3.63, 3.8) is 0 Å². The lowest BCUT2D eigenvalue weighted by Crippen LogP contribution is -2.28. The Morgan fingerprint density at radius 1 is 0.508 bits per heavy atom. The molecule has 3 aliphatic carbocycles. The molecule has 59 heavy (non-hydrogen) atoms. The molecule has 3 heterocycles. The number of furan rings is 1. The second-order valence-corrected chi connectivity index (χ2v) is 18.6. The Hall–Kier alpha value is -6.36. The monoisotopic (exact) mass is 776 g/mol. The van der Waals surface area contributed by atoms with Crippen LogP contribution in [0.4, 0.5) is 0 Å². The third-order valence-electron chi connectivity index (χ3n) is 14.1. The van der Waals surface area contributed by atoms with Crippen LogP contribution in [-0.2, 0) is 10.8 Å². The van der Waals surface area contributed by atoms with E-state index in [0.29, 0.717) is 0 Å². The molecule has 3 aromatic heterocycles. The molecule has 4 heteroatoms. The molecule has 1 saturated carbocycles. The first-order chi connectivity index (χ1) is 29.0. The zero-order chi connectivity index (χ0) is 39.0. The second-order valence-electron chi connectivity index (χ2n) is 17.6. The van der Waals surface area contributed by atoms with Gasteiger partial charge in [-0.2, -0.15) is 0 Å². The highest BCUT2D eigenvalue weighted by atomic mass is 32.1. The van der Waals surface area contributed by atoms with Crippen molar-refractivity contribution in [1.82, 2.24) is 9.97 Å². The van der Waals surface area contributed by atoms with Crippen LogP contribution in [0, 0.1) is 0 Å². The molecule has 1 fully saturated rings. The summed E-state index contributed by atoms with van der Waals surface area (Å²) in [5, 5.41) is 3.36. The minimum Gasteiger partial charge on any atom is -0.455 e. The lowest BCUT2D eigenvalue weighted by atomic mass is 9.67. The topological polar surface area (TPSA) is 38.9 Å². The van der Waals surface area contributed by atoms with Gasteiger partial charge in [0, 0.05) is 42.8 Å². The molecule has 282 valence electrons. The van der Waals surface area contributed by atoms with E-state index in [0.717, 1.165) is 60.2 Å². The Morgan fingerprint density at radius 3 is 2.12 bits per heavy atom. The molecule has 0 unspecified atom stereocenters. The van der Waals surface area contributed by atoms with Gasteiger partial charge in [0.15, 0.2) is 5.82 Å². The molecule has 3 nitrogen and oxygen atoms in total. The second kappa shape index (κ2) is 12.1. The summed E-state index contributed by atoms with van der Waals surface area (Å²) in [6.45, 7) is 4.81. The maximum absolute atomic E-state index is 6.83. The zero-order valence-electron chi connectivity index (χ0n) is 33.1. The molecule has 3 aliphatic rings. The number of nitrogens with zero attached hydrogens (tertiary/aromatic N) is 2. The predicted molar refractivity (Wildman–Crippen MR) is 245 cm³/mol. The molecular formula is C55H40N2OS. The SMILES string of the molecule is CC1(C)c2ccccc2-c2cc3c(cc21)-c1cc(-c2ccc4oc5c(-c6nc(-c7ccccc7)nc7c6sc6ccccc67)cccc5c4c2)ccc1C31CCCCC1. The summed E-state index contributed by atoms with van der Waals surface area (Å²) in [7, 11) is 0. The summed E-state index contributed by atoms with van der Waals surface area (Å²) < 4.78 is 9.10. The van der Waals surface area contributed by atoms with Crippen molar-refractivity contribution in [2.24, 2.45) is 0 Å². The van der Waals surface area contributed by atoms with E-state index in [1.165, 1.54) is 86.9 Å². The molecule has 1 spiro atoms. The third kappa shape index (κ3) is 4.64. The quantitative estimate of drug-likeness (QED) is 0.179. The average Bonchev–Trinajstić information content (AvgIpc) is 3.99. The molecule has 0 N–H and O–H groups in total. The summed E-state index contributed by atoms with van der Waals surface area (Å²) in [4.78, 5) is 10.4. The first-order valence-electron chi connectivity index (χ1n) is 21.1. The number of para-hydroxylation sites is 1. The molecule has 0 amide bonds. The molecular weight excluding hydrogens is 737 g/mol. The summed E-state index contributed by atoms with van der Waals surface area (Å²) in [6.07, 6.45) is 6.33. The minimum absolute atomic E-state index is 0.0368. The van der Waals surface area contributed by atoms with Crippen LogP contribution in [0.5, 0.6) is 0 Å². The van der Waals surface area contributed by atoms with Gasteiger partial charge in [0.25, 0.3) is 0 Å². The fourth-order valence-electron chi connectivity index (χ4n) is 11.2. The van der Waals surface area contributed by atoms with Crippen LogP contribution in [0.3, 0.4) is 0 Å². The molecule has 0 aliphatic heterocycles. The maximum Gasteiger partial charge on any atom is 0.160 e. The van der Waals surface area contributed by atoms with Crippen LogP contribution >= 0.6 is 11.3 Å². The van der Waals surface area contributed by atoms with Crippen LogP contribution in [-0.4, -0.2) is 9.97 Å². The molecule has 10 aromatic rings. The van der Waals surface area contributed by atoms with E-state index in [1.54, 1.807) is 16.9 Å². The van der Waals surface area contributed by atoms with Gasteiger partial charge in [0.1, 0.15) is 11.2 Å². The number of rotatable bonds is 3. The van der Waals surface area contributed by atoms with Crippen LogP contribution in [0.1, 0.15) is 68.2 Å². The smallest absolute Gasteiger partial charge is 0.160 e. The van der Waals surface area contributed by atoms with Gasteiger partial charge >= 0.3 is 0 Å². The fourth-order valence-corrected chi connectivity index (χ4v) is 12.4. The first kappa shape index (κ1) is 33.6. The van der Waals surface area contributed by atoms with E-state index < -0.39 is 0 Å². The number of aromatic nitrogens is 2. The van der Waals surface area contributed by atoms with Gasteiger partial charge in [0.2, 0.25) is 0 Å². The Bertz CT molecular complexity index is 3400. The number of hydrogen-bond donors (Lipinski definition) is 0. The average molecular weight is 777 g/mol. The van der Waals surface area contributed by atoms with Crippen LogP contribution in [0.25, 0.3) is 98.3 Å². The Morgan fingerprint density at radius 2 is 1.22 bits per heavy atom. The van der Waals surface area contributed by atoms with Crippen molar-refractivity contribution in [1.29, 1.82) is 0 Å². The van der Waals surface area contributed by atoms with Crippen molar-refractivity contribution < 1.29 is 4.42 Å². The highest BCUT2D eigenvalue weighted by molar-refractivity contribution is 7.26. The van der Waals surface area contributed by atoms with E-state index in [2.05, 4.69) is 141 Å². The predicted octanol–water partition coefficient (Wildman–Crippen LogP) is 15.3. The normalized spacial score (nSPS) is 15.9. The summed E-state index contributed by atoms with van der Waals surface area (Å²) >= 11 is 1.75. The van der Waals surface area contributed by atoms with E-state index >= 15 is 0 Å². The van der Waals surface area contributed by atoms with Crippen molar-refractivity contribution in [3.8, 4) is 56.0 Å². The van der Waals surface area contributed by atoms with Crippen molar-refractivity contribution in [2.45, 2.75) is 56.8 Å². The van der Waals surface area contributed by atoms with Gasteiger partial charge in [0.05, 0.1) is 15.9 Å². The first-order valence-corrected chi connectivity index (χ1v) is 21.9. The molecule has 0 saturated heterocycles. The van der Waals surface area contributed by atoms with E-state index in [4.69, 9.17) is 14.4 Å². The highest BCUT2D eigenvalue weighted by Gasteiger charge is 2.46. The highest BCUT2D eigenvalue weighted by Crippen LogP contribution is 2.60. The van der Waals surface area contributed by atoms with Crippen molar-refractivity contribution in [3.05, 3.63) is 168 Å².